The van der Waals surface area contributed by atoms with E-state index in [4.69, 9.17) is 0 Å². The lowest BCUT2D eigenvalue weighted by atomic mass is 10.3. The van der Waals surface area contributed by atoms with E-state index in [-0.39, 0.29) is 11.1 Å². The average Bonchev–Trinajstić information content (AvgIpc) is 3.01. The largest absolute Gasteiger partial charge is 0.362 e. The summed E-state index contributed by atoms with van der Waals surface area (Å²) < 4.78 is 0. The van der Waals surface area contributed by atoms with E-state index in [1.165, 1.54) is 4.90 Å². The number of carbonyl (C=O) groups excluding carboxylic acids is 2. The van der Waals surface area contributed by atoms with Crippen LogP contribution >= 0.6 is 11.8 Å². The summed E-state index contributed by atoms with van der Waals surface area (Å²) in [5, 5.41) is -0.269. The second-order valence-electron chi connectivity index (χ2n) is 3.98. The van der Waals surface area contributed by atoms with E-state index in [0.717, 1.165) is 17.5 Å². The van der Waals surface area contributed by atoms with Crippen LogP contribution in [-0.4, -0.2) is 16.1 Å². The first kappa shape index (κ1) is 11.8. The first-order valence-electron chi connectivity index (χ1n) is 5.72. The Balaban J connectivity index is 1.94. The Hall–Kier alpha value is -2.27. The fourth-order valence-electron chi connectivity index (χ4n) is 1.84. The minimum atomic E-state index is -0.282. The van der Waals surface area contributed by atoms with Crippen LogP contribution < -0.4 is 4.90 Å². The van der Waals surface area contributed by atoms with Crippen LogP contribution in [0, 0.1) is 0 Å². The lowest BCUT2D eigenvalue weighted by Gasteiger charge is -2.11. The Kier molecular flexibility index (Phi) is 2.97. The van der Waals surface area contributed by atoms with Gasteiger partial charge in [0.25, 0.3) is 11.1 Å². The molecule has 0 spiro atoms. The lowest BCUT2D eigenvalue weighted by Crippen LogP contribution is -2.27. The number of anilines is 1. The SMILES string of the molecule is O=C1S/C(=C/c2ccc[nH]2)C(=O)N1c1ccccc1. The van der Waals surface area contributed by atoms with Crippen molar-refractivity contribution in [3.63, 3.8) is 0 Å². The predicted octanol–water partition coefficient (Wildman–Crippen LogP) is 3.26. The van der Waals surface area contributed by atoms with Gasteiger partial charge in [-0.25, -0.2) is 4.90 Å². The second-order valence-corrected chi connectivity index (χ2v) is 4.97. The maximum absolute atomic E-state index is 12.2. The Morgan fingerprint density at radius 1 is 1.05 bits per heavy atom. The van der Waals surface area contributed by atoms with Crippen LogP contribution in [0.4, 0.5) is 10.5 Å². The molecular weight excluding hydrogens is 260 g/mol. The predicted molar refractivity (Wildman–Crippen MR) is 75.7 cm³/mol. The molecule has 2 aromatic rings. The maximum atomic E-state index is 12.2. The number of carbonyl (C=O) groups is 2. The number of amides is 2. The van der Waals surface area contributed by atoms with Gasteiger partial charge in [0.2, 0.25) is 0 Å². The number of aromatic amines is 1. The second kappa shape index (κ2) is 4.78. The van der Waals surface area contributed by atoms with Crippen LogP contribution in [0.25, 0.3) is 6.08 Å². The van der Waals surface area contributed by atoms with Crippen LogP contribution in [0.15, 0.2) is 53.6 Å². The molecule has 1 aromatic heterocycles. The molecule has 19 heavy (non-hydrogen) atoms. The van der Waals surface area contributed by atoms with Gasteiger partial charge in [-0.2, -0.15) is 0 Å². The summed E-state index contributed by atoms with van der Waals surface area (Å²) >= 11 is 0.953. The van der Waals surface area contributed by atoms with Crippen molar-refractivity contribution in [1.29, 1.82) is 0 Å². The molecule has 0 unspecified atom stereocenters. The van der Waals surface area contributed by atoms with E-state index in [0.29, 0.717) is 10.6 Å². The van der Waals surface area contributed by atoms with Crippen molar-refractivity contribution in [3.8, 4) is 0 Å². The number of hydrogen-bond donors (Lipinski definition) is 1. The molecule has 1 fully saturated rings. The molecule has 5 heteroatoms. The maximum Gasteiger partial charge on any atom is 0.298 e. The van der Waals surface area contributed by atoms with Gasteiger partial charge in [-0.15, -0.1) is 0 Å². The van der Waals surface area contributed by atoms with Gasteiger partial charge >= 0.3 is 0 Å². The van der Waals surface area contributed by atoms with Gasteiger partial charge < -0.3 is 4.98 Å². The number of rotatable bonds is 2. The third-order valence-electron chi connectivity index (χ3n) is 2.72. The third kappa shape index (κ3) is 2.20. The number of para-hydroxylation sites is 1. The highest BCUT2D eigenvalue weighted by Crippen LogP contribution is 2.35. The highest BCUT2D eigenvalue weighted by Gasteiger charge is 2.36. The zero-order chi connectivity index (χ0) is 13.2. The van der Waals surface area contributed by atoms with E-state index in [2.05, 4.69) is 4.98 Å². The number of aromatic nitrogens is 1. The fraction of sp³-hybridized carbons (Fsp3) is 0. The third-order valence-corrected chi connectivity index (χ3v) is 3.59. The minimum absolute atomic E-state index is 0.269. The molecule has 0 saturated carbocycles. The first-order valence-corrected chi connectivity index (χ1v) is 6.54. The number of nitrogens with zero attached hydrogens (tertiary/aromatic N) is 1. The van der Waals surface area contributed by atoms with Gasteiger partial charge in [0.05, 0.1) is 10.6 Å². The number of thioether (sulfide) groups is 1. The fourth-order valence-corrected chi connectivity index (χ4v) is 2.67. The van der Waals surface area contributed by atoms with Crippen LogP contribution in [0.5, 0.6) is 0 Å². The zero-order valence-electron chi connectivity index (χ0n) is 9.87. The van der Waals surface area contributed by atoms with Crippen molar-refractivity contribution in [2.45, 2.75) is 0 Å². The molecule has 1 aliphatic rings. The minimum Gasteiger partial charge on any atom is -0.362 e. The van der Waals surface area contributed by atoms with Crippen molar-refractivity contribution in [2.75, 3.05) is 4.90 Å². The van der Waals surface area contributed by atoms with Crippen molar-refractivity contribution in [3.05, 3.63) is 59.3 Å². The number of imide groups is 1. The molecule has 0 bridgehead atoms. The Labute approximate surface area is 114 Å². The standard InChI is InChI=1S/C14H10N2O2S/c17-13-12(9-10-5-4-8-15-10)19-14(18)16(13)11-6-2-1-3-7-11/h1-9,15H/b12-9+. The molecule has 0 atom stereocenters. The van der Waals surface area contributed by atoms with Crippen LogP contribution in [0.1, 0.15) is 5.69 Å². The lowest BCUT2D eigenvalue weighted by molar-refractivity contribution is -0.113. The van der Waals surface area contributed by atoms with Gasteiger partial charge in [0, 0.05) is 11.9 Å². The van der Waals surface area contributed by atoms with Gasteiger partial charge in [-0.1, -0.05) is 18.2 Å². The molecule has 0 aliphatic carbocycles. The molecule has 1 saturated heterocycles. The smallest absolute Gasteiger partial charge is 0.298 e. The van der Waals surface area contributed by atoms with Crippen molar-refractivity contribution in [2.24, 2.45) is 0 Å². The first-order chi connectivity index (χ1) is 9.25. The Morgan fingerprint density at radius 3 is 2.53 bits per heavy atom. The quantitative estimate of drug-likeness (QED) is 0.852. The summed E-state index contributed by atoms with van der Waals surface area (Å²) in [6.07, 6.45) is 3.46. The van der Waals surface area contributed by atoms with Gasteiger partial charge in [0.15, 0.2) is 0 Å². The molecule has 0 radical (unpaired) electrons. The van der Waals surface area contributed by atoms with Gasteiger partial charge in [-0.3, -0.25) is 9.59 Å². The van der Waals surface area contributed by atoms with Crippen molar-refractivity contribution >= 4 is 34.7 Å². The summed E-state index contributed by atoms with van der Waals surface area (Å²) in [5.41, 5.74) is 1.40. The number of nitrogens with one attached hydrogen (secondary N) is 1. The van der Waals surface area contributed by atoms with Crippen molar-refractivity contribution in [1.82, 2.24) is 4.98 Å². The van der Waals surface area contributed by atoms with Crippen molar-refractivity contribution < 1.29 is 9.59 Å². The molecule has 94 valence electrons. The van der Waals surface area contributed by atoms with Crippen LogP contribution in [0.3, 0.4) is 0 Å². The topological polar surface area (TPSA) is 53.2 Å². The molecule has 2 amide bonds. The highest BCUT2D eigenvalue weighted by atomic mass is 32.2. The number of hydrogen-bond acceptors (Lipinski definition) is 3. The van der Waals surface area contributed by atoms with E-state index >= 15 is 0 Å². The monoisotopic (exact) mass is 270 g/mol. The molecule has 4 nitrogen and oxygen atoms in total. The highest BCUT2D eigenvalue weighted by molar-refractivity contribution is 8.19. The van der Waals surface area contributed by atoms with E-state index in [1.54, 1.807) is 36.5 Å². The summed E-state index contributed by atoms with van der Waals surface area (Å²) in [7, 11) is 0. The van der Waals surface area contributed by atoms with Crippen LogP contribution in [-0.2, 0) is 4.79 Å². The molecular formula is C14H10N2O2S. The van der Waals surface area contributed by atoms with Gasteiger partial charge in [-0.05, 0) is 42.1 Å². The Morgan fingerprint density at radius 2 is 1.84 bits per heavy atom. The summed E-state index contributed by atoms with van der Waals surface area (Å²) in [6, 6.07) is 12.6. The number of benzene rings is 1. The van der Waals surface area contributed by atoms with E-state index < -0.39 is 0 Å². The molecule has 1 N–H and O–H groups in total. The summed E-state index contributed by atoms with van der Waals surface area (Å²) in [6.45, 7) is 0. The molecule has 1 aliphatic heterocycles. The van der Waals surface area contributed by atoms with Crippen LogP contribution in [0.2, 0.25) is 0 Å². The molecule has 3 rings (SSSR count). The summed E-state index contributed by atoms with van der Waals surface area (Å²) in [5.74, 6) is -0.282. The summed E-state index contributed by atoms with van der Waals surface area (Å²) in [4.78, 5) is 28.8. The zero-order valence-corrected chi connectivity index (χ0v) is 10.7. The average molecular weight is 270 g/mol. The van der Waals surface area contributed by atoms with Gasteiger partial charge in [0.1, 0.15) is 0 Å². The molecule has 2 heterocycles. The normalized spacial score (nSPS) is 17.5. The van der Waals surface area contributed by atoms with E-state index in [9.17, 15) is 9.59 Å². The molecule has 1 aromatic carbocycles. The van der Waals surface area contributed by atoms with E-state index in [1.807, 2.05) is 18.2 Å². The Bertz CT molecular complexity index is 647. The number of H-pyrrole nitrogens is 1.